The van der Waals surface area contributed by atoms with Gasteiger partial charge in [-0.3, -0.25) is 0 Å². The molecule has 3 aromatic rings. The lowest BCUT2D eigenvalue weighted by molar-refractivity contribution is -0.138. The van der Waals surface area contributed by atoms with Crippen molar-refractivity contribution in [2.75, 3.05) is 14.2 Å². The van der Waals surface area contributed by atoms with Gasteiger partial charge in [-0.15, -0.1) is 0 Å². The number of hydrogen-bond acceptors (Lipinski definition) is 5. The molecule has 0 bridgehead atoms. The second-order valence-corrected chi connectivity index (χ2v) is 6.08. The van der Waals surface area contributed by atoms with Crippen LogP contribution in [0.1, 0.15) is 11.1 Å². The van der Waals surface area contributed by atoms with Crippen molar-refractivity contribution in [3.05, 3.63) is 90.0 Å². The van der Waals surface area contributed by atoms with Crippen molar-refractivity contribution < 1.29 is 23.7 Å². The van der Waals surface area contributed by atoms with Gasteiger partial charge < -0.3 is 18.9 Å². The highest BCUT2D eigenvalue weighted by Crippen LogP contribution is 2.28. The van der Waals surface area contributed by atoms with Gasteiger partial charge in [-0.25, -0.2) is 4.79 Å². The Morgan fingerprint density at radius 3 is 2.31 bits per heavy atom. The van der Waals surface area contributed by atoms with Crippen LogP contribution in [-0.2, 0) is 16.1 Å². The highest BCUT2D eigenvalue weighted by atomic mass is 16.5. The second-order valence-electron chi connectivity index (χ2n) is 6.08. The molecule has 0 aromatic heterocycles. The first kappa shape index (κ1) is 20.0. The summed E-state index contributed by atoms with van der Waals surface area (Å²) in [7, 11) is 3.14. The molecule has 5 nitrogen and oxygen atoms in total. The molecule has 0 saturated carbocycles. The van der Waals surface area contributed by atoms with Gasteiger partial charge in [0.05, 0.1) is 14.2 Å². The van der Waals surface area contributed by atoms with E-state index in [-0.39, 0.29) is 6.61 Å². The van der Waals surface area contributed by atoms with Gasteiger partial charge in [0.2, 0.25) is 0 Å². The van der Waals surface area contributed by atoms with Crippen molar-refractivity contribution in [1.29, 1.82) is 0 Å². The molecule has 5 heteroatoms. The average Bonchev–Trinajstić information content (AvgIpc) is 2.77. The number of hydrogen-bond donors (Lipinski definition) is 0. The Bertz CT molecular complexity index is 980. The molecular formula is C24H22O5. The maximum Gasteiger partial charge on any atom is 0.331 e. The number of methoxy groups -OCH3 is 2. The first-order valence-electron chi connectivity index (χ1n) is 9.07. The molecule has 0 unspecified atom stereocenters. The van der Waals surface area contributed by atoms with Gasteiger partial charge in [-0.2, -0.15) is 0 Å². The molecule has 0 aliphatic rings. The van der Waals surface area contributed by atoms with E-state index >= 15 is 0 Å². The fraction of sp³-hybridized carbons (Fsp3) is 0.125. The molecule has 3 aromatic carbocycles. The summed E-state index contributed by atoms with van der Waals surface area (Å²) in [5.41, 5.74) is 1.58. The lowest BCUT2D eigenvalue weighted by atomic mass is 10.2. The number of esters is 1. The van der Waals surface area contributed by atoms with E-state index in [1.807, 2.05) is 60.7 Å². The number of para-hydroxylation sites is 2. The molecule has 0 aliphatic heterocycles. The third kappa shape index (κ3) is 5.62. The van der Waals surface area contributed by atoms with Crippen molar-refractivity contribution in [3.63, 3.8) is 0 Å². The minimum atomic E-state index is -0.450. The summed E-state index contributed by atoms with van der Waals surface area (Å²) in [6.07, 6.45) is 3.04. The molecule has 0 heterocycles. The topological polar surface area (TPSA) is 54.0 Å². The molecular weight excluding hydrogens is 368 g/mol. The number of carbonyl (C=O) groups is 1. The van der Waals surface area contributed by atoms with Crippen molar-refractivity contribution in [1.82, 2.24) is 0 Å². The van der Waals surface area contributed by atoms with Crippen LogP contribution in [0.3, 0.4) is 0 Å². The summed E-state index contributed by atoms with van der Waals surface area (Å²) in [6.45, 7) is 0.109. The number of benzene rings is 3. The van der Waals surface area contributed by atoms with E-state index in [2.05, 4.69) is 0 Å². The summed E-state index contributed by atoms with van der Waals surface area (Å²) >= 11 is 0. The summed E-state index contributed by atoms with van der Waals surface area (Å²) in [6, 6.07) is 22.3. The Kier molecular flexibility index (Phi) is 6.90. The summed E-state index contributed by atoms with van der Waals surface area (Å²) in [4.78, 5) is 12.1. The van der Waals surface area contributed by atoms with Gasteiger partial charge in [0.15, 0.2) is 11.5 Å². The highest BCUT2D eigenvalue weighted by molar-refractivity contribution is 5.87. The number of carbonyl (C=O) groups excluding carboxylic acids is 1. The molecule has 148 valence electrons. The van der Waals surface area contributed by atoms with Gasteiger partial charge in [0, 0.05) is 11.6 Å². The highest BCUT2D eigenvalue weighted by Gasteiger charge is 2.07. The average molecular weight is 390 g/mol. The van der Waals surface area contributed by atoms with Crippen LogP contribution in [0.4, 0.5) is 0 Å². The van der Waals surface area contributed by atoms with Gasteiger partial charge in [0.1, 0.15) is 18.1 Å². The maximum absolute atomic E-state index is 12.1. The summed E-state index contributed by atoms with van der Waals surface area (Å²) < 4.78 is 21.7. The van der Waals surface area contributed by atoms with Crippen molar-refractivity contribution in [3.8, 4) is 23.0 Å². The maximum atomic E-state index is 12.1. The molecule has 0 N–H and O–H groups in total. The molecule has 3 rings (SSSR count). The molecule has 0 saturated heterocycles. The Hall–Kier alpha value is -3.73. The van der Waals surface area contributed by atoms with Crippen LogP contribution < -0.4 is 14.2 Å². The van der Waals surface area contributed by atoms with E-state index in [0.717, 1.165) is 16.9 Å². The zero-order chi connectivity index (χ0) is 20.5. The van der Waals surface area contributed by atoms with Crippen molar-refractivity contribution in [2.45, 2.75) is 6.61 Å². The van der Waals surface area contributed by atoms with E-state index < -0.39 is 5.97 Å². The Morgan fingerprint density at radius 1 is 0.828 bits per heavy atom. The van der Waals surface area contributed by atoms with Crippen LogP contribution in [-0.4, -0.2) is 20.2 Å². The van der Waals surface area contributed by atoms with Crippen LogP contribution in [0.2, 0.25) is 0 Å². The van der Waals surface area contributed by atoms with E-state index in [4.69, 9.17) is 18.9 Å². The third-order valence-electron chi connectivity index (χ3n) is 4.13. The van der Waals surface area contributed by atoms with Crippen LogP contribution >= 0.6 is 0 Å². The Balaban J connectivity index is 1.62. The van der Waals surface area contributed by atoms with E-state index in [0.29, 0.717) is 17.2 Å². The smallest absolute Gasteiger partial charge is 0.331 e. The van der Waals surface area contributed by atoms with Crippen LogP contribution in [0.5, 0.6) is 23.0 Å². The summed E-state index contributed by atoms with van der Waals surface area (Å²) in [5, 5.41) is 0. The predicted octanol–water partition coefficient (Wildman–Crippen LogP) is 5.25. The normalized spacial score (nSPS) is 10.6. The van der Waals surface area contributed by atoms with Gasteiger partial charge in [-0.1, -0.05) is 42.5 Å². The van der Waals surface area contributed by atoms with E-state index in [9.17, 15) is 4.79 Å². The van der Waals surface area contributed by atoms with Crippen LogP contribution in [0, 0.1) is 0 Å². The lowest BCUT2D eigenvalue weighted by Crippen LogP contribution is -2.02. The predicted molar refractivity (Wildman–Crippen MR) is 111 cm³/mol. The lowest BCUT2D eigenvalue weighted by Gasteiger charge is -2.11. The minimum absolute atomic E-state index is 0.109. The first-order chi connectivity index (χ1) is 14.2. The second kappa shape index (κ2) is 9.99. The SMILES string of the molecule is COc1ccc(/C=C/C(=O)OCc2ccccc2Oc2ccccc2)cc1OC. The molecule has 0 atom stereocenters. The largest absolute Gasteiger partial charge is 0.493 e. The van der Waals surface area contributed by atoms with Crippen LogP contribution in [0.25, 0.3) is 6.08 Å². The van der Waals surface area contributed by atoms with E-state index in [1.54, 1.807) is 32.4 Å². The zero-order valence-electron chi connectivity index (χ0n) is 16.3. The van der Waals surface area contributed by atoms with Gasteiger partial charge in [-0.05, 0) is 42.0 Å². The fourth-order valence-electron chi connectivity index (χ4n) is 2.66. The fourth-order valence-corrected chi connectivity index (χ4v) is 2.66. The summed E-state index contributed by atoms with van der Waals surface area (Å²) in [5.74, 6) is 2.14. The third-order valence-corrected chi connectivity index (χ3v) is 4.13. The zero-order valence-corrected chi connectivity index (χ0v) is 16.3. The van der Waals surface area contributed by atoms with Crippen molar-refractivity contribution >= 4 is 12.0 Å². The van der Waals surface area contributed by atoms with Gasteiger partial charge >= 0.3 is 5.97 Å². The Morgan fingerprint density at radius 2 is 1.55 bits per heavy atom. The van der Waals surface area contributed by atoms with E-state index in [1.165, 1.54) is 6.08 Å². The number of rotatable bonds is 8. The van der Waals surface area contributed by atoms with Gasteiger partial charge in [0.25, 0.3) is 0 Å². The molecule has 0 fully saturated rings. The molecule has 0 spiro atoms. The molecule has 29 heavy (non-hydrogen) atoms. The quantitative estimate of drug-likeness (QED) is 0.388. The molecule has 0 radical (unpaired) electrons. The molecule has 0 amide bonds. The minimum Gasteiger partial charge on any atom is -0.493 e. The Labute approximate surface area is 170 Å². The monoisotopic (exact) mass is 390 g/mol. The standard InChI is InChI=1S/C24H22O5/c1-26-22-14-12-18(16-23(22)27-2)13-15-24(25)28-17-19-8-6-7-11-21(19)29-20-9-4-3-5-10-20/h3-16H,17H2,1-2H3/b15-13+. The first-order valence-corrected chi connectivity index (χ1v) is 9.07. The van der Waals surface area contributed by atoms with Crippen LogP contribution in [0.15, 0.2) is 78.9 Å². The molecule has 0 aliphatic carbocycles. The number of ether oxygens (including phenoxy) is 4. The van der Waals surface area contributed by atoms with Crippen molar-refractivity contribution in [2.24, 2.45) is 0 Å².